The zero-order valence-corrected chi connectivity index (χ0v) is 11.1. The number of hydrogen-bond donors (Lipinski definition) is 2. The first kappa shape index (κ1) is 12.5. The van der Waals surface area contributed by atoms with Crippen LogP contribution in [0.5, 0.6) is 0 Å². The highest BCUT2D eigenvalue weighted by atomic mass is 15.5. The highest BCUT2D eigenvalue weighted by molar-refractivity contribution is 5.35. The average Bonchev–Trinajstić information content (AvgIpc) is 3.18. The first-order valence-corrected chi connectivity index (χ1v) is 6.37. The molecule has 0 aliphatic rings. The van der Waals surface area contributed by atoms with Crippen LogP contribution in [0.4, 0.5) is 0 Å². The number of H-pyrrole nitrogens is 1. The van der Waals surface area contributed by atoms with Gasteiger partial charge in [0, 0.05) is 24.1 Å². The fourth-order valence-electron chi connectivity index (χ4n) is 1.97. The van der Waals surface area contributed by atoms with E-state index in [0.717, 1.165) is 5.69 Å². The second kappa shape index (κ2) is 5.62. The molecule has 0 aliphatic carbocycles. The molecule has 1 unspecified atom stereocenters. The van der Waals surface area contributed by atoms with Gasteiger partial charge in [-0.15, -0.1) is 10.2 Å². The number of benzene rings is 1. The normalized spacial score (nSPS) is 12.4. The van der Waals surface area contributed by atoms with Crippen LogP contribution in [0.2, 0.25) is 0 Å². The smallest absolute Gasteiger partial charge is 0.188 e. The predicted octanol–water partition coefficient (Wildman–Crippen LogP) is 1.24. The summed E-state index contributed by atoms with van der Waals surface area (Å²) >= 11 is 0. The topological polar surface area (TPSA) is 84.3 Å². The maximum absolute atomic E-state index is 4.04. The van der Waals surface area contributed by atoms with E-state index in [1.54, 1.807) is 12.5 Å². The Kier molecular flexibility index (Phi) is 3.51. The fourth-order valence-corrected chi connectivity index (χ4v) is 1.97. The molecule has 102 valence electrons. The third-order valence-electron chi connectivity index (χ3n) is 3.15. The summed E-state index contributed by atoms with van der Waals surface area (Å²) in [7, 11) is 0. The van der Waals surface area contributed by atoms with Crippen molar-refractivity contribution in [2.75, 3.05) is 0 Å². The molecule has 0 amide bonds. The lowest BCUT2D eigenvalue weighted by Gasteiger charge is -2.13. The van der Waals surface area contributed by atoms with Gasteiger partial charge < -0.3 is 9.88 Å². The molecule has 2 aromatic heterocycles. The summed E-state index contributed by atoms with van der Waals surface area (Å²) in [5.41, 5.74) is 2.30. The standard InChI is InChI=1S/C13H15N7/c1-10(15-8-13-16-18-19-17-13)11-2-4-12(5-3-11)20-7-6-14-9-20/h2-7,9-10,15H,8H2,1H3,(H,16,17,18,19). The third kappa shape index (κ3) is 2.72. The summed E-state index contributed by atoms with van der Waals surface area (Å²) in [6.45, 7) is 2.69. The zero-order chi connectivity index (χ0) is 13.8. The van der Waals surface area contributed by atoms with E-state index in [-0.39, 0.29) is 6.04 Å². The number of aromatic amines is 1. The van der Waals surface area contributed by atoms with Gasteiger partial charge in [0.05, 0.1) is 12.9 Å². The van der Waals surface area contributed by atoms with E-state index < -0.39 is 0 Å². The summed E-state index contributed by atoms with van der Waals surface area (Å²) in [6, 6.07) is 8.56. The summed E-state index contributed by atoms with van der Waals surface area (Å²) in [5, 5.41) is 17.1. The molecular weight excluding hydrogens is 254 g/mol. The summed E-state index contributed by atoms with van der Waals surface area (Å²) in [6.07, 6.45) is 5.48. The van der Waals surface area contributed by atoms with Crippen molar-refractivity contribution in [2.24, 2.45) is 0 Å². The van der Waals surface area contributed by atoms with Crippen LogP contribution < -0.4 is 5.32 Å². The molecule has 0 fully saturated rings. The molecule has 7 heteroatoms. The van der Waals surface area contributed by atoms with Gasteiger partial charge >= 0.3 is 0 Å². The first-order chi connectivity index (χ1) is 9.83. The maximum Gasteiger partial charge on any atom is 0.188 e. The monoisotopic (exact) mass is 269 g/mol. The van der Waals surface area contributed by atoms with Gasteiger partial charge in [0.2, 0.25) is 0 Å². The Morgan fingerprint density at radius 1 is 1.30 bits per heavy atom. The van der Waals surface area contributed by atoms with Crippen molar-refractivity contribution < 1.29 is 0 Å². The van der Waals surface area contributed by atoms with Gasteiger partial charge in [-0.05, 0) is 24.6 Å². The largest absolute Gasteiger partial charge is 0.306 e. The molecule has 2 heterocycles. The van der Waals surface area contributed by atoms with Gasteiger partial charge in [-0.3, -0.25) is 0 Å². The molecule has 3 aromatic rings. The number of nitrogens with zero attached hydrogens (tertiary/aromatic N) is 5. The Morgan fingerprint density at radius 2 is 2.15 bits per heavy atom. The summed E-state index contributed by atoms with van der Waals surface area (Å²) < 4.78 is 1.97. The van der Waals surface area contributed by atoms with Crippen LogP contribution in [0.15, 0.2) is 43.0 Å². The van der Waals surface area contributed by atoms with E-state index in [1.807, 2.05) is 10.8 Å². The van der Waals surface area contributed by atoms with Gasteiger partial charge in [0.15, 0.2) is 5.82 Å². The van der Waals surface area contributed by atoms with E-state index in [9.17, 15) is 0 Å². The second-order valence-electron chi connectivity index (χ2n) is 4.49. The highest BCUT2D eigenvalue weighted by Crippen LogP contribution is 2.15. The number of aromatic nitrogens is 6. The second-order valence-corrected chi connectivity index (χ2v) is 4.49. The van der Waals surface area contributed by atoms with Crippen molar-refractivity contribution in [3.63, 3.8) is 0 Å². The molecule has 0 saturated heterocycles. The molecule has 2 N–H and O–H groups in total. The van der Waals surface area contributed by atoms with Gasteiger partial charge in [-0.1, -0.05) is 17.3 Å². The molecule has 0 radical (unpaired) electrons. The Bertz CT molecular complexity index is 628. The van der Waals surface area contributed by atoms with Gasteiger partial charge in [-0.2, -0.15) is 5.21 Å². The molecule has 1 aromatic carbocycles. The molecular formula is C13H15N7. The molecule has 20 heavy (non-hydrogen) atoms. The van der Waals surface area contributed by atoms with Crippen LogP contribution >= 0.6 is 0 Å². The third-order valence-corrected chi connectivity index (χ3v) is 3.15. The van der Waals surface area contributed by atoms with Crippen molar-refractivity contribution in [3.8, 4) is 5.69 Å². The van der Waals surface area contributed by atoms with Crippen LogP contribution in [0.3, 0.4) is 0 Å². The van der Waals surface area contributed by atoms with E-state index in [1.165, 1.54) is 5.56 Å². The lowest BCUT2D eigenvalue weighted by atomic mass is 10.1. The Balaban J connectivity index is 1.65. The minimum atomic E-state index is 0.213. The van der Waals surface area contributed by atoms with Crippen molar-refractivity contribution in [1.82, 2.24) is 35.5 Å². The molecule has 1 atom stereocenters. The molecule has 3 rings (SSSR count). The minimum absolute atomic E-state index is 0.213. The van der Waals surface area contributed by atoms with E-state index in [2.05, 4.69) is 62.1 Å². The van der Waals surface area contributed by atoms with Gasteiger partial charge in [0.25, 0.3) is 0 Å². The molecule has 0 spiro atoms. The minimum Gasteiger partial charge on any atom is -0.306 e. The number of tetrazole rings is 1. The Hall–Kier alpha value is -2.54. The lowest BCUT2D eigenvalue weighted by Crippen LogP contribution is -2.18. The van der Waals surface area contributed by atoms with Crippen molar-refractivity contribution >= 4 is 0 Å². The highest BCUT2D eigenvalue weighted by Gasteiger charge is 2.06. The fraction of sp³-hybridized carbons (Fsp3) is 0.231. The zero-order valence-electron chi connectivity index (χ0n) is 11.1. The van der Waals surface area contributed by atoms with Crippen LogP contribution in [0.25, 0.3) is 5.69 Å². The van der Waals surface area contributed by atoms with Crippen molar-refractivity contribution in [3.05, 3.63) is 54.4 Å². The lowest BCUT2D eigenvalue weighted by molar-refractivity contribution is 0.559. The van der Waals surface area contributed by atoms with Crippen molar-refractivity contribution in [1.29, 1.82) is 0 Å². The predicted molar refractivity (Wildman–Crippen MR) is 73.0 cm³/mol. The summed E-state index contributed by atoms with van der Waals surface area (Å²) in [4.78, 5) is 4.04. The quantitative estimate of drug-likeness (QED) is 0.728. The first-order valence-electron chi connectivity index (χ1n) is 6.37. The van der Waals surface area contributed by atoms with E-state index in [0.29, 0.717) is 12.4 Å². The van der Waals surface area contributed by atoms with E-state index in [4.69, 9.17) is 0 Å². The number of nitrogens with one attached hydrogen (secondary N) is 2. The SMILES string of the molecule is CC(NCc1nn[nH]n1)c1ccc(-n2ccnc2)cc1. The molecule has 0 aliphatic heterocycles. The molecule has 7 nitrogen and oxygen atoms in total. The maximum atomic E-state index is 4.04. The van der Waals surface area contributed by atoms with Gasteiger partial charge in [0.1, 0.15) is 0 Å². The molecule has 0 bridgehead atoms. The van der Waals surface area contributed by atoms with Crippen LogP contribution in [0.1, 0.15) is 24.4 Å². The van der Waals surface area contributed by atoms with E-state index >= 15 is 0 Å². The van der Waals surface area contributed by atoms with Crippen LogP contribution in [-0.2, 0) is 6.54 Å². The number of hydrogen-bond acceptors (Lipinski definition) is 5. The number of imidazole rings is 1. The van der Waals surface area contributed by atoms with Crippen LogP contribution in [0, 0.1) is 0 Å². The average molecular weight is 269 g/mol. The Labute approximate surface area is 116 Å². The van der Waals surface area contributed by atoms with Crippen LogP contribution in [-0.4, -0.2) is 30.2 Å². The Morgan fingerprint density at radius 3 is 2.80 bits per heavy atom. The van der Waals surface area contributed by atoms with Gasteiger partial charge in [-0.25, -0.2) is 4.98 Å². The number of rotatable bonds is 5. The molecule has 0 saturated carbocycles. The van der Waals surface area contributed by atoms with Crippen molar-refractivity contribution in [2.45, 2.75) is 19.5 Å². The summed E-state index contributed by atoms with van der Waals surface area (Å²) in [5.74, 6) is 0.659.